The van der Waals surface area contributed by atoms with E-state index in [9.17, 15) is 0 Å². The predicted molar refractivity (Wildman–Crippen MR) is 56.5 cm³/mol. The van der Waals surface area contributed by atoms with Gasteiger partial charge in [0.2, 0.25) is 0 Å². The highest BCUT2D eigenvalue weighted by molar-refractivity contribution is 6.51. The molecule has 11 heavy (non-hydrogen) atoms. The first kappa shape index (κ1) is 10.5. The van der Waals surface area contributed by atoms with E-state index in [2.05, 4.69) is 43.5 Å². The van der Waals surface area contributed by atoms with Gasteiger partial charge in [0, 0.05) is 0 Å². The van der Waals surface area contributed by atoms with E-state index in [1.54, 1.807) is 5.19 Å². The third kappa shape index (κ3) is 5.89. The average molecular weight is 185 g/mol. The minimum Gasteiger partial charge on any atom is -0.0936 e. The zero-order valence-electron chi connectivity index (χ0n) is 6.76. The Hall–Kier alpha value is -0.533. The molecule has 60 valence electrons. The first-order valence-corrected chi connectivity index (χ1v) is 6.16. The summed E-state index contributed by atoms with van der Waals surface area (Å²) >= 11 is 4.76. The molecule has 0 amide bonds. The molecule has 0 aliphatic rings. The number of hydrogen-bond donors (Lipinski definition) is 0. The summed E-state index contributed by atoms with van der Waals surface area (Å²) in [7, 11) is 0.0913. The Morgan fingerprint density at radius 3 is 2.09 bits per heavy atom. The van der Waals surface area contributed by atoms with Crippen molar-refractivity contribution in [3.8, 4) is 0 Å². The molecule has 0 fully saturated rings. The number of rotatable bonds is 1. The molecule has 0 heterocycles. The van der Waals surface area contributed by atoms with Gasteiger partial charge in [0.25, 0.3) is 0 Å². The van der Waals surface area contributed by atoms with Crippen LogP contribution in [-0.2, 0) is 0 Å². The molecule has 0 spiro atoms. The van der Waals surface area contributed by atoms with Gasteiger partial charge in [-0.05, 0) is 5.54 Å². The van der Waals surface area contributed by atoms with Crippen LogP contribution in [0.25, 0.3) is 0 Å². The van der Waals surface area contributed by atoms with Crippen LogP contribution in [0.2, 0.25) is 6.55 Å². The Balaban J connectivity index is 0.000000292. The smallest absolute Gasteiger partial charge is 0.0516 e. The second kappa shape index (κ2) is 7.57. The maximum absolute atomic E-state index is 4.76. The molecule has 0 aliphatic carbocycles. The Kier molecular flexibility index (Phi) is 7.21. The Morgan fingerprint density at radius 1 is 1.36 bits per heavy atom. The fraction of sp³-hybridized carbons (Fsp3) is 0.111. The second-order valence-electron chi connectivity index (χ2n) is 1.99. The third-order valence-corrected chi connectivity index (χ3v) is 2.54. The van der Waals surface area contributed by atoms with Gasteiger partial charge in [-0.15, -0.1) is 0 Å². The fourth-order valence-electron chi connectivity index (χ4n) is 0.714. The fourth-order valence-corrected chi connectivity index (χ4v) is 1.46. The van der Waals surface area contributed by atoms with Crippen LogP contribution >= 0.6 is 11.6 Å². The van der Waals surface area contributed by atoms with E-state index in [1.807, 2.05) is 0 Å². The second-order valence-corrected chi connectivity index (χ2v) is 3.83. The van der Waals surface area contributed by atoms with Crippen molar-refractivity contribution in [1.82, 2.24) is 0 Å². The minimum absolute atomic E-state index is 0.0913. The van der Waals surface area contributed by atoms with E-state index in [1.165, 1.54) is 5.54 Å². The summed E-state index contributed by atoms with van der Waals surface area (Å²) in [6, 6.07) is 10.7. The Morgan fingerprint density at radius 2 is 1.82 bits per heavy atom. The maximum Gasteiger partial charge on any atom is 0.0516 e. The molecule has 0 atom stereocenters. The molecule has 0 bridgehead atoms. The van der Waals surface area contributed by atoms with Crippen LogP contribution in [0, 0.1) is 0 Å². The van der Waals surface area contributed by atoms with Crippen LogP contribution in [0.1, 0.15) is 0 Å². The molecule has 0 saturated heterocycles. The summed E-state index contributed by atoms with van der Waals surface area (Å²) in [6.45, 7) is 5.43. The molecule has 1 rings (SSSR count). The molecule has 0 aliphatic heterocycles. The molecule has 0 radical (unpaired) electrons. The number of halogens is 1. The zero-order valence-corrected chi connectivity index (χ0v) is 8.93. The van der Waals surface area contributed by atoms with Crippen LogP contribution in [0.4, 0.5) is 0 Å². The van der Waals surface area contributed by atoms with Crippen molar-refractivity contribution in [2.45, 2.75) is 6.55 Å². The van der Waals surface area contributed by atoms with E-state index in [-0.39, 0.29) is 9.52 Å². The van der Waals surface area contributed by atoms with Gasteiger partial charge < -0.3 is 0 Å². The predicted octanol–water partition coefficient (Wildman–Crippen LogP) is 1.90. The van der Waals surface area contributed by atoms with E-state index < -0.39 is 0 Å². The van der Waals surface area contributed by atoms with Gasteiger partial charge in [0.1, 0.15) is 0 Å². The molecular formula is C9H13ClSi. The summed E-state index contributed by atoms with van der Waals surface area (Å²) in [4.78, 5) is 0. The van der Waals surface area contributed by atoms with Crippen molar-refractivity contribution in [2.24, 2.45) is 0 Å². The van der Waals surface area contributed by atoms with Crippen molar-refractivity contribution in [3.05, 3.63) is 42.4 Å². The van der Waals surface area contributed by atoms with Crippen LogP contribution in [0.3, 0.4) is 0 Å². The van der Waals surface area contributed by atoms with Crippen LogP contribution < -0.4 is 5.19 Å². The lowest BCUT2D eigenvalue weighted by Gasteiger charge is -1.89. The quantitative estimate of drug-likeness (QED) is 0.585. The van der Waals surface area contributed by atoms with E-state index in [0.717, 1.165) is 0 Å². The molecule has 1 aromatic rings. The molecular weight excluding hydrogens is 172 g/mol. The van der Waals surface area contributed by atoms with Crippen LogP contribution in [0.15, 0.2) is 42.4 Å². The normalized spacial score (nSPS) is 8.91. The topological polar surface area (TPSA) is 0 Å². The van der Waals surface area contributed by atoms with E-state index >= 15 is 0 Å². The maximum atomic E-state index is 4.76. The van der Waals surface area contributed by atoms with Gasteiger partial charge in [-0.1, -0.05) is 60.2 Å². The molecule has 0 nitrogen and oxygen atoms in total. The number of hydrogen-bond acceptors (Lipinski definition) is 0. The van der Waals surface area contributed by atoms with Gasteiger partial charge in [-0.2, -0.15) is 0 Å². The van der Waals surface area contributed by atoms with Crippen LogP contribution in [-0.4, -0.2) is 9.52 Å². The van der Waals surface area contributed by atoms with E-state index in [4.69, 9.17) is 11.6 Å². The Labute approximate surface area is 75.7 Å². The van der Waals surface area contributed by atoms with Crippen molar-refractivity contribution in [1.29, 1.82) is 0 Å². The molecule has 1 aromatic carbocycles. The highest BCUT2D eigenvalue weighted by atomic mass is 35.5. The lowest BCUT2D eigenvalue weighted by atomic mass is 10.4. The first-order chi connectivity index (χ1) is 5.35. The van der Waals surface area contributed by atoms with Crippen molar-refractivity contribution < 1.29 is 0 Å². The summed E-state index contributed by atoms with van der Waals surface area (Å²) < 4.78 is 0. The summed E-state index contributed by atoms with van der Waals surface area (Å²) in [5, 5.41) is 1.55. The summed E-state index contributed by atoms with van der Waals surface area (Å²) in [5.74, 6) is 0. The molecule has 2 heteroatoms. The SMILES string of the molecule is C=CCl.C[SiH2]c1ccccc1. The van der Waals surface area contributed by atoms with Crippen molar-refractivity contribution in [2.75, 3.05) is 0 Å². The van der Waals surface area contributed by atoms with Gasteiger partial charge in [-0.25, -0.2) is 0 Å². The highest BCUT2D eigenvalue weighted by Gasteiger charge is 1.80. The monoisotopic (exact) mass is 184 g/mol. The minimum atomic E-state index is 0.0913. The van der Waals surface area contributed by atoms with Crippen LogP contribution in [0.5, 0.6) is 0 Å². The average Bonchev–Trinajstić information content (AvgIpc) is 2.08. The largest absolute Gasteiger partial charge is 0.0936 e. The Bertz CT molecular complexity index is 184. The molecule has 0 aromatic heterocycles. The van der Waals surface area contributed by atoms with Gasteiger partial charge >= 0.3 is 0 Å². The highest BCUT2D eigenvalue weighted by Crippen LogP contribution is 1.79. The molecule has 0 unspecified atom stereocenters. The molecule has 0 N–H and O–H groups in total. The first-order valence-electron chi connectivity index (χ1n) is 3.60. The van der Waals surface area contributed by atoms with Crippen molar-refractivity contribution in [3.63, 3.8) is 0 Å². The summed E-state index contributed by atoms with van der Waals surface area (Å²) in [5.41, 5.74) is 1.22. The van der Waals surface area contributed by atoms with Crippen molar-refractivity contribution >= 4 is 26.3 Å². The number of benzene rings is 1. The standard InChI is InChI=1S/C7H10Si.C2H3Cl/c1-8-7-5-3-2-4-6-7;1-2-3/h2-6H,8H2,1H3;2H,1H2. The molecule has 0 saturated carbocycles. The van der Waals surface area contributed by atoms with Gasteiger partial charge in [0.05, 0.1) is 9.52 Å². The summed E-state index contributed by atoms with van der Waals surface area (Å²) in [6.07, 6.45) is 0. The van der Waals surface area contributed by atoms with E-state index in [0.29, 0.717) is 0 Å². The van der Waals surface area contributed by atoms with Gasteiger partial charge in [0.15, 0.2) is 0 Å². The zero-order chi connectivity index (χ0) is 8.53. The van der Waals surface area contributed by atoms with Gasteiger partial charge in [-0.3, -0.25) is 0 Å². The lowest BCUT2D eigenvalue weighted by Crippen LogP contribution is -2.07. The third-order valence-electron chi connectivity index (χ3n) is 1.25. The lowest BCUT2D eigenvalue weighted by molar-refractivity contribution is 1.77.